The predicted octanol–water partition coefficient (Wildman–Crippen LogP) is 5.12. The Labute approximate surface area is 148 Å². The summed E-state index contributed by atoms with van der Waals surface area (Å²) in [6, 6.07) is 0. The maximum atomic E-state index is 12.9. The second-order valence-corrected chi connectivity index (χ2v) is 6.09. The van der Waals surface area contributed by atoms with Gasteiger partial charge in [0.25, 0.3) is 0 Å². The van der Waals surface area contributed by atoms with Gasteiger partial charge in [-0.05, 0) is 0 Å². The second kappa shape index (κ2) is 6.15. The van der Waals surface area contributed by atoms with Gasteiger partial charge in [-0.3, -0.25) is 0 Å². The van der Waals surface area contributed by atoms with Crippen molar-refractivity contribution >= 4 is 27.9 Å². The predicted molar refractivity (Wildman–Crippen MR) is 46.4 cm³/mol. The first-order chi connectivity index (χ1) is 10.8. The molecule has 0 aromatic heterocycles. The normalized spacial score (nSPS) is 16.9. The number of hydrogen-bond donors (Lipinski definition) is 0. The van der Waals surface area contributed by atoms with E-state index < -0.39 is 72.8 Å². The molecule has 0 aromatic rings. The van der Waals surface area contributed by atoms with Gasteiger partial charge in [0.1, 0.15) is 0 Å². The molecule has 0 unspecified atom stereocenters. The third-order valence-electron chi connectivity index (χ3n) is 2.88. The van der Waals surface area contributed by atoms with Crippen molar-refractivity contribution in [1.29, 1.82) is 0 Å². The van der Waals surface area contributed by atoms with Crippen LogP contribution in [-0.4, -0.2) is 72.8 Å². The van der Waals surface area contributed by atoms with Crippen molar-refractivity contribution < 1.29 is 74.6 Å². The molecule has 0 saturated heterocycles. The van der Waals surface area contributed by atoms with E-state index in [0.29, 0.717) is 0 Å². The van der Waals surface area contributed by atoms with E-state index in [1.807, 2.05) is 0 Å². The summed E-state index contributed by atoms with van der Waals surface area (Å²) in [5.41, 5.74) is 0. The summed E-state index contributed by atoms with van der Waals surface area (Å²) < 4.78 is 207. The van der Waals surface area contributed by atoms with Crippen LogP contribution in [0.25, 0.3) is 0 Å². The van der Waals surface area contributed by atoms with Gasteiger partial charge in [0, 0.05) is 0 Å². The van der Waals surface area contributed by atoms with E-state index >= 15 is 0 Å². The van der Waals surface area contributed by atoms with Gasteiger partial charge in [-0.1, -0.05) is 0 Å². The van der Waals surface area contributed by atoms with Gasteiger partial charge in [0.2, 0.25) is 0 Å². The standard InChI is InChI=1S/C8F17.Na/c9-1(10)2(11,12)3(13,14)4(15,16)5(17,18)6(19,20)7(21,22)8(23,24)25;. The van der Waals surface area contributed by atoms with Crippen LogP contribution in [0, 0.1) is 0 Å². The number of rotatable bonds is 6. The van der Waals surface area contributed by atoms with Crippen LogP contribution in [0.1, 0.15) is 0 Å². The molecule has 0 aliphatic carbocycles. The van der Waals surface area contributed by atoms with E-state index in [4.69, 9.17) is 0 Å². The molecule has 0 aliphatic heterocycles. The molecule has 0 rings (SSSR count). The van der Waals surface area contributed by atoms with Gasteiger partial charge >= 0.3 is 147 Å². The number of halogens is 17. The minimum atomic E-state index is -8.54. The number of alkyl halides is 17. The Kier molecular flexibility index (Phi) is 6.11. The van der Waals surface area contributed by atoms with Crippen molar-refractivity contribution in [2.75, 3.05) is 0 Å². The Morgan fingerprint density at radius 3 is 0.692 bits per heavy atom. The first kappa shape index (κ1) is 25.8. The van der Waals surface area contributed by atoms with E-state index in [0.717, 1.165) is 0 Å². The fourth-order valence-electron chi connectivity index (χ4n) is 1.24. The zero-order valence-electron chi connectivity index (χ0n) is 11.4. The molecular weight excluding hydrogens is 442 g/mol. The molecule has 0 nitrogen and oxygen atoms in total. The van der Waals surface area contributed by atoms with Crippen LogP contribution in [0.3, 0.4) is 0 Å². The summed E-state index contributed by atoms with van der Waals surface area (Å²) in [5.74, 6) is -49.2. The van der Waals surface area contributed by atoms with Crippen molar-refractivity contribution in [2.24, 2.45) is 0 Å². The van der Waals surface area contributed by atoms with Crippen LogP contribution in [0.5, 0.6) is 0 Å². The van der Waals surface area contributed by atoms with Crippen molar-refractivity contribution in [2.45, 2.75) is 44.9 Å². The summed E-state index contributed by atoms with van der Waals surface area (Å²) >= 11 is -2.45. The van der Waals surface area contributed by atoms with Gasteiger partial charge in [-0.15, -0.1) is 0 Å². The molecule has 0 saturated carbocycles. The van der Waals surface area contributed by atoms with Crippen molar-refractivity contribution in [3.05, 3.63) is 0 Å². The average Bonchev–Trinajstić information content (AvgIpc) is 2.34. The summed E-state index contributed by atoms with van der Waals surface area (Å²) in [6.45, 7) is 0. The molecular formula is C8F17Na. The summed E-state index contributed by atoms with van der Waals surface area (Å²) in [5, 5.41) is 0. The SMILES string of the molecule is FC(F)(F)C(F)(F)C(F)(F)C(F)(F)C(F)(F)C(F)(F)C(F)(F)[C](F)(F)[Na]. The van der Waals surface area contributed by atoms with Gasteiger partial charge in [0.05, 0.1) is 0 Å². The fourth-order valence-corrected chi connectivity index (χ4v) is 1.56. The molecule has 0 fully saturated rings. The Morgan fingerprint density at radius 2 is 0.500 bits per heavy atom. The third-order valence-corrected chi connectivity index (χ3v) is 3.51. The Bertz CT molecular complexity index is 474. The molecule has 0 spiro atoms. The molecule has 0 heterocycles. The third kappa shape index (κ3) is 3.14. The molecule has 26 heavy (non-hydrogen) atoms. The quantitative estimate of drug-likeness (QED) is 0.396. The van der Waals surface area contributed by atoms with Crippen LogP contribution in [0.4, 0.5) is 74.6 Å². The Morgan fingerprint density at radius 1 is 0.308 bits per heavy atom. The molecule has 18 heteroatoms. The molecule has 0 radical (unpaired) electrons. The summed E-state index contributed by atoms with van der Waals surface area (Å²) in [4.78, 5) is 0. The van der Waals surface area contributed by atoms with Crippen LogP contribution in [0.15, 0.2) is 0 Å². The monoisotopic (exact) mass is 442 g/mol. The molecule has 0 amide bonds. The summed E-state index contributed by atoms with van der Waals surface area (Å²) in [7, 11) is 0. The van der Waals surface area contributed by atoms with Crippen LogP contribution < -0.4 is 0 Å². The zero-order valence-corrected chi connectivity index (χ0v) is 13.4. The molecule has 0 bridgehead atoms. The van der Waals surface area contributed by atoms with Crippen molar-refractivity contribution in [1.82, 2.24) is 0 Å². The molecule has 152 valence electrons. The molecule has 0 aliphatic rings. The number of hydrogen-bond acceptors (Lipinski definition) is 0. The fraction of sp³-hybridized carbons (Fsp3) is 1.00. The first-order valence-electron chi connectivity index (χ1n) is 5.46. The zero-order chi connectivity index (χ0) is 22.0. The average molecular weight is 442 g/mol. The maximum absolute atomic E-state index is 12.9. The Balaban J connectivity index is 6.61. The molecule has 0 N–H and O–H groups in total. The molecule has 0 atom stereocenters. The van der Waals surface area contributed by atoms with Crippen LogP contribution >= 0.6 is 0 Å². The van der Waals surface area contributed by atoms with E-state index in [-0.39, 0.29) is 0 Å². The van der Waals surface area contributed by atoms with E-state index in [1.165, 1.54) is 0 Å². The first-order valence-corrected chi connectivity index (χ1v) is 6.46. The van der Waals surface area contributed by atoms with Crippen molar-refractivity contribution in [3.63, 3.8) is 0 Å². The Hall–Kier alpha value is -0.190. The van der Waals surface area contributed by atoms with E-state index in [1.54, 1.807) is 0 Å². The van der Waals surface area contributed by atoms with Crippen LogP contribution in [0.2, 0.25) is 0 Å². The van der Waals surface area contributed by atoms with Gasteiger partial charge in [-0.2, -0.15) is 0 Å². The van der Waals surface area contributed by atoms with Gasteiger partial charge in [0.15, 0.2) is 0 Å². The van der Waals surface area contributed by atoms with Gasteiger partial charge in [-0.25, -0.2) is 0 Å². The topological polar surface area (TPSA) is 0 Å². The van der Waals surface area contributed by atoms with Crippen molar-refractivity contribution in [3.8, 4) is 0 Å². The van der Waals surface area contributed by atoms with Crippen LogP contribution in [-0.2, 0) is 0 Å². The second-order valence-electron chi connectivity index (χ2n) is 4.83. The molecule has 0 aromatic carbocycles. The van der Waals surface area contributed by atoms with Gasteiger partial charge < -0.3 is 0 Å². The van der Waals surface area contributed by atoms with E-state index in [2.05, 4.69) is 0 Å². The summed E-state index contributed by atoms with van der Waals surface area (Å²) in [6.07, 6.45) is -7.73. The minimum absolute atomic E-state index is 2.45. The van der Waals surface area contributed by atoms with E-state index in [9.17, 15) is 74.6 Å².